The Labute approximate surface area is 107 Å². The van der Waals surface area contributed by atoms with Crippen LogP contribution in [0.4, 0.5) is 0 Å². The van der Waals surface area contributed by atoms with Gasteiger partial charge in [0, 0.05) is 18.5 Å². The Morgan fingerprint density at radius 3 is 2.83 bits per heavy atom. The summed E-state index contributed by atoms with van der Waals surface area (Å²) in [6.45, 7) is 0.657. The Bertz CT molecular complexity index is 555. The van der Waals surface area contributed by atoms with Crippen LogP contribution in [0, 0.1) is 0 Å². The van der Waals surface area contributed by atoms with Crippen molar-refractivity contribution in [1.82, 2.24) is 14.8 Å². The molecular weight excluding hydrogens is 224 g/mol. The quantitative estimate of drug-likeness (QED) is 0.890. The first-order valence-electron chi connectivity index (χ1n) is 6.49. The van der Waals surface area contributed by atoms with E-state index in [0.717, 1.165) is 23.6 Å². The van der Waals surface area contributed by atoms with Crippen LogP contribution in [0.15, 0.2) is 24.3 Å². The van der Waals surface area contributed by atoms with Crippen molar-refractivity contribution in [2.45, 2.75) is 25.2 Å². The third-order valence-electron chi connectivity index (χ3n) is 3.39. The van der Waals surface area contributed by atoms with Gasteiger partial charge in [0.15, 0.2) is 11.6 Å². The molecule has 0 bridgehead atoms. The number of nitrogens with two attached hydrogens (primary N) is 1. The van der Waals surface area contributed by atoms with Crippen LogP contribution in [0.3, 0.4) is 0 Å². The van der Waals surface area contributed by atoms with E-state index in [1.165, 1.54) is 18.4 Å². The van der Waals surface area contributed by atoms with Gasteiger partial charge in [-0.15, -0.1) is 0 Å². The number of aryl methyl sites for hydroxylation is 1. The molecule has 1 aliphatic carbocycles. The molecule has 0 atom stereocenters. The summed E-state index contributed by atoms with van der Waals surface area (Å²) in [6, 6.07) is 8.31. The van der Waals surface area contributed by atoms with Gasteiger partial charge in [0.05, 0.1) is 0 Å². The van der Waals surface area contributed by atoms with E-state index in [1.54, 1.807) is 0 Å². The Kier molecular flexibility index (Phi) is 2.88. The minimum atomic E-state index is 0.589. The minimum Gasteiger partial charge on any atom is -0.330 e. The zero-order valence-electron chi connectivity index (χ0n) is 10.6. The molecule has 1 aromatic carbocycles. The molecule has 0 saturated heterocycles. The van der Waals surface area contributed by atoms with Crippen LogP contribution in [0.5, 0.6) is 0 Å². The molecule has 18 heavy (non-hydrogen) atoms. The fraction of sp³-hybridized carbons (Fsp3) is 0.429. The molecule has 4 heteroatoms. The largest absolute Gasteiger partial charge is 0.330 e. The van der Waals surface area contributed by atoms with Crippen LogP contribution in [0.25, 0.3) is 11.4 Å². The second-order valence-electron chi connectivity index (χ2n) is 4.89. The molecule has 0 unspecified atom stereocenters. The smallest absolute Gasteiger partial charge is 0.158 e. The summed E-state index contributed by atoms with van der Waals surface area (Å²) in [4.78, 5) is 4.70. The Morgan fingerprint density at radius 1 is 1.33 bits per heavy atom. The van der Waals surface area contributed by atoms with E-state index in [-0.39, 0.29) is 0 Å². The van der Waals surface area contributed by atoms with Gasteiger partial charge in [-0.3, -0.25) is 0 Å². The highest BCUT2D eigenvalue weighted by Gasteiger charge is 2.28. The molecule has 1 fully saturated rings. The average Bonchev–Trinajstić information content (AvgIpc) is 3.15. The van der Waals surface area contributed by atoms with Crippen molar-refractivity contribution >= 4 is 0 Å². The molecular formula is C14H18N4. The van der Waals surface area contributed by atoms with Crippen molar-refractivity contribution in [3.05, 3.63) is 35.7 Å². The van der Waals surface area contributed by atoms with Crippen LogP contribution in [-0.4, -0.2) is 21.3 Å². The monoisotopic (exact) mass is 242 g/mol. The van der Waals surface area contributed by atoms with Crippen molar-refractivity contribution in [2.75, 3.05) is 6.54 Å². The van der Waals surface area contributed by atoms with E-state index < -0.39 is 0 Å². The number of hydrogen-bond acceptors (Lipinski definition) is 3. The maximum Gasteiger partial charge on any atom is 0.158 e. The van der Waals surface area contributed by atoms with Crippen LogP contribution >= 0.6 is 0 Å². The van der Waals surface area contributed by atoms with E-state index >= 15 is 0 Å². The molecule has 94 valence electrons. The standard InChI is InChI=1S/C14H18N4/c1-18-14(16-13(17-18)11-6-7-11)12-5-3-2-4-10(12)8-9-15/h2-5,11H,6-9,15H2,1H3. The molecule has 0 spiro atoms. The zero-order valence-corrected chi connectivity index (χ0v) is 10.6. The fourth-order valence-corrected chi connectivity index (χ4v) is 2.27. The predicted octanol–water partition coefficient (Wildman–Crippen LogP) is 1.86. The molecule has 1 saturated carbocycles. The topological polar surface area (TPSA) is 56.7 Å². The van der Waals surface area contributed by atoms with Crippen molar-refractivity contribution in [3.63, 3.8) is 0 Å². The molecule has 0 radical (unpaired) electrons. The molecule has 4 nitrogen and oxygen atoms in total. The van der Waals surface area contributed by atoms with E-state index in [4.69, 9.17) is 10.7 Å². The second kappa shape index (κ2) is 4.53. The first kappa shape index (κ1) is 11.4. The van der Waals surface area contributed by atoms with Crippen LogP contribution < -0.4 is 5.73 Å². The molecule has 1 heterocycles. The first-order valence-corrected chi connectivity index (χ1v) is 6.49. The highest BCUT2D eigenvalue weighted by Crippen LogP contribution is 2.39. The van der Waals surface area contributed by atoms with E-state index in [0.29, 0.717) is 12.5 Å². The third kappa shape index (κ3) is 2.04. The van der Waals surface area contributed by atoms with E-state index in [9.17, 15) is 0 Å². The molecule has 2 aromatic rings. The van der Waals surface area contributed by atoms with Crippen molar-refractivity contribution in [3.8, 4) is 11.4 Å². The van der Waals surface area contributed by atoms with E-state index in [2.05, 4.69) is 17.2 Å². The summed E-state index contributed by atoms with van der Waals surface area (Å²) in [5.74, 6) is 2.54. The SMILES string of the molecule is Cn1nc(C2CC2)nc1-c1ccccc1CCN. The molecule has 0 amide bonds. The fourth-order valence-electron chi connectivity index (χ4n) is 2.27. The van der Waals surface area contributed by atoms with Gasteiger partial charge in [-0.2, -0.15) is 5.10 Å². The third-order valence-corrected chi connectivity index (χ3v) is 3.39. The van der Waals surface area contributed by atoms with Gasteiger partial charge in [0.25, 0.3) is 0 Å². The zero-order chi connectivity index (χ0) is 12.5. The summed E-state index contributed by atoms with van der Waals surface area (Å²) in [5.41, 5.74) is 8.07. The van der Waals surface area contributed by atoms with Crippen LogP contribution in [0.2, 0.25) is 0 Å². The average molecular weight is 242 g/mol. The van der Waals surface area contributed by atoms with Crippen LogP contribution in [-0.2, 0) is 13.5 Å². The van der Waals surface area contributed by atoms with Gasteiger partial charge in [-0.25, -0.2) is 9.67 Å². The van der Waals surface area contributed by atoms with Gasteiger partial charge >= 0.3 is 0 Å². The van der Waals surface area contributed by atoms with Gasteiger partial charge in [-0.05, 0) is 31.4 Å². The summed E-state index contributed by atoms with van der Waals surface area (Å²) >= 11 is 0. The number of nitrogens with zero attached hydrogens (tertiary/aromatic N) is 3. The number of aromatic nitrogens is 3. The van der Waals surface area contributed by atoms with Crippen molar-refractivity contribution in [2.24, 2.45) is 12.8 Å². The lowest BCUT2D eigenvalue weighted by Crippen LogP contribution is -2.05. The molecule has 1 aliphatic rings. The lowest BCUT2D eigenvalue weighted by Gasteiger charge is -2.07. The van der Waals surface area contributed by atoms with E-state index in [1.807, 2.05) is 23.9 Å². The van der Waals surface area contributed by atoms with Gasteiger partial charge in [-0.1, -0.05) is 24.3 Å². The normalized spacial score (nSPS) is 15.0. The van der Waals surface area contributed by atoms with Crippen LogP contribution in [0.1, 0.15) is 30.1 Å². The van der Waals surface area contributed by atoms with Gasteiger partial charge < -0.3 is 5.73 Å². The molecule has 3 rings (SSSR count). The van der Waals surface area contributed by atoms with Crippen molar-refractivity contribution in [1.29, 1.82) is 0 Å². The number of hydrogen-bond donors (Lipinski definition) is 1. The highest BCUT2D eigenvalue weighted by molar-refractivity contribution is 5.60. The highest BCUT2D eigenvalue weighted by atomic mass is 15.3. The maximum absolute atomic E-state index is 5.67. The second-order valence-corrected chi connectivity index (χ2v) is 4.89. The number of benzene rings is 1. The minimum absolute atomic E-state index is 0.589. The predicted molar refractivity (Wildman–Crippen MR) is 71.2 cm³/mol. The van der Waals surface area contributed by atoms with Crippen molar-refractivity contribution < 1.29 is 0 Å². The summed E-state index contributed by atoms with van der Waals surface area (Å²) in [7, 11) is 1.97. The first-order chi connectivity index (χ1) is 8.79. The Morgan fingerprint density at radius 2 is 2.11 bits per heavy atom. The molecule has 0 aliphatic heterocycles. The lowest BCUT2D eigenvalue weighted by molar-refractivity contribution is 0.749. The Hall–Kier alpha value is -1.68. The molecule has 1 aromatic heterocycles. The van der Waals surface area contributed by atoms with Gasteiger partial charge in [0.2, 0.25) is 0 Å². The summed E-state index contributed by atoms with van der Waals surface area (Å²) in [5, 5.41) is 4.52. The summed E-state index contributed by atoms with van der Waals surface area (Å²) < 4.78 is 1.89. The lowest BCUT2D eigenvalue weighted by atomic mass is 10.0. The summed E-state index contributed by atoms with van der Waals surface area (Å²) in [6.07, 6.45) is 3.34. The van der Waals surface area contributed by atoms with Gasteiger partial charge in [0.1, 0.15) is 0 Å². The Balaban J connectivity index is 2.02. The molecule has 2 N–H and O–H groups in total. The number of rotatable bonds is 4. The maximum atomic E-state index is 5.67.